The van der Waals surface area contributed by atoms with E-state index in [1.807, 2.05) is 45.0 Å². The highest BCUT2D eigenvalue weighted by Crippen LogP contribution is 2.15. The second-order valence-corrected chi connectivity index (χ2v) is 8.11. The van der Waals surface area contributed by atoms with Crippen LogP contribution in [0.4, 0.5) is 9.59 Å². The van der Waals surface area contributed by atoms with Crippen LogP contribution >= 0.6 is 15.9 Å². The highest BCUT2D eigenvalue weighted by atomic mass is 79.9. The van der Waals surface area contributed by atoms with Crippen LogP contribution < -0.4 is 10.6 Å². The van der Waals surface area contributed by atoms with Crippen LogP contribution in [0.1, 0.15) is 39.2 Å². The molecule has 1 heterocycles. The molecule has 0 bridgehead atoms. The summed E-state index contributed by atoms with van der Waals surface area (Å²) in [5, 5.41) is 5.83. The molecule has 0 radical (unpaired) electrons. The van der Waals surface area contributed by atoms with Gasteiger partial charge in [-0.05, 0) is 51.3 Å². The van der Waals surface area contributed by atoms with Gasteiger partial charge in [-0.3, -0.25) is 0 Å². The first-order valence-corrected chi connectivity index (χ1v) is 9.29. The van der Waals surface area contributed by atoms with E-state index in [9.17, 15) is 9.59 Å². The lowest BCUT2D eigenvalue weighted by atomic mass is 10.1. The molecule has 0 aromatic heterocycles. The number of hydrogen-bond acceptors (Lipinski definition) is 3. The lowest BCUT2D eigenvalue weighted by Gasteiger charge is -2.33. The first kappa shape index (κ1) is 19.6. The fourth-order valence-corrected chi connectivity index (χ4v) is 3.05. The molecular weight excluding hydrogens is 386 g/mol. The summed E-state index contributed by atoms with van der Waals surface area (Å²) in [6.45, 7) is 7.22. The van der Waals surface area contributed by atoms with Gasteiger partial charge >= 0.3 is 12.1 Å². The molecule has 25 heavy (non-hydrogen) atoms. The van der Waals surface area contributed by atoms with Crippen molar-refractivity contribution in [2.24, 2.45) is 0 Å². The number of amides is 3. The summed E-state index contributed by atoms with van der Waals surface area (Å²) in [6.07, 6.45) is 1.16. The zero-order valence-corrected chi connectivity index (χ0v) is 16.6. The summed E-state index contributed by atoms with van der Waals surface area (Å²) in [5.74, 6) is 0. The number of ether oxygens (including phenoxy) is 1. The monoisotopic (exact) mass is 411 g/mol. The molecule has 7 heteroatoms. The maximum Gasteiger partial charge on any atom is 0.410 e. The highest BCUT2D eigenvalue weighted by molar-refractivity contribution is 9.10. The molecule has 1 aliphatic heterocycles. The number of carbonyl (C=O) groups is 2. The van der Waals surface area contributed by atoms with Crippen LogP contribution in [-0.4, -0.2) is 41.8 Å². The Morgan fingerprint density at radius 3 is 2.56 bits per heavy atom. The normalized spacial score (nSPS) is 15.6. The average Bonchev–Trinajstić information content (AvgIpc) is 2.52. The Kier molecular flexibility index (Phi) is 6.70. The predicted molar refractivity (Wildman–Crippen MR) is 100 cm³/mol. The smallest absolute Gasteiger partial charge is 0.410 e. The first-order chi connectivity index (χ1) is 11.7. The third-order valence-electron chi connectivity index (χ3n) is 3.82. The van der Waals surface area contributed by atoms with Gasteiger partial charge in [-0.1, -0.05) is 28.1 Å². The van der Waals surface area contributed by atoms with E-state index in [1.54, 1.807) is 4.90 Å². The van der Waals surface area contributed by atoms with Gasteiger partial charge < -0.3 is 20.3 Å². The summed E-state index contributed by atoms with van der Waals surface area (Å²) < 4.78 is 6.36. The highest BCUT2D eigenvalue weighted by Gasteiger charge is 2.27. The number of rotatable bonds is 3. The standard InChI is InChI=1S/C18H26BrN3O3/c1-18(2,3)25-17(24)22-9-7-15(8-10-22)21-16(23)20-12-13-5-4-6-14(19)11-13/h4-6,11,15H,7-10,12H2,1-3H3,(H2,20,21,23). The SMILES string of the molecule is CC(C)(C)OC(=O)N1CCC(NC(=O)NCc2cccc(Br)c2)CC1. The maximum atomic E-state index is 12.0. The van der Waals surface area contributed by atoms with Crippen LogP contribution in [0.3, 0.4) is 0 Å². The Bertz CT molecular complexity index is 608. The molecule has 1 aromatic rings. The molecular formula is C18H26BrN3O3. The minimum Gasteiger partial charge on any atom is -0.444 e. The number of piperidine rings is 1. The molecule has 0 aliphatic carbocycles. The summed E-state index contributed by atoms with van der Waals surface area (Å²) in [5.41, 5.74) is 0.544. The van der Waals surface area contributed by atoms with E-state index >= 15 is 0 Å². The Hall–Kier alpha value is -1.76. The number of carbonyl (C=O) groups excluding carboxylic acids is 2. The zero-order valence-electron chi connectivity index (χ0n) is 15.0. The maximum absolute atomic E-state index is 12.0. The fraction of sp³-hybridized carbons (Fsp3) is 0.556. The molecule has 0 spiro atoms. The van der Waals surface area contributed by atoms with E-state index in [2.05, 4.69) is 26.6 Å². The Morgan fingerprint density at radius 1 is 1.28 bits per heavy atom. The van der Waals surface area contributed by atoms with Crippen molar-refractivity contribution in [1.29, 1.82) is 0 Å². The lowest BCUT2D eigenvalue weighted by molar-refractivity contribution is 0.0201. The van der Waals surface area contributed by atoms with Crippen molar-refractivity contribution in [3.8, 4) is 0 Å². The van der Waals surface area contributed by atoms with Crippen molar-refractivity contribution < 1.29 is 14.3 Å². The van der Waals surface area contributed by atoms with Crippen LogP contribution in [0.2, 0.25) is 0 Å². The van der Waals surface area contributed by atoms with E-state index in [0.717, 1.165) is 22.9 Å². The lowest BCUT2D eigenvalue weighted by Crippen LogP contribution is -2.49. The zero-order chi connectivity index (χ0) is 18.4. The molecule has 6 nitrogen and oxygen atoms in total. The van der Waals surface area contributed by atoms with E-state index in [1.165, 1.54) is 0 Å². The van der Waals surface area contributed by atoms with E-state index in [0.29, 0.717) is 19.6 Å². The third-order valence-corrected chi connectivity index (χ3v) is 4.32. The average molecular weight is 412 g/mol. The molecule has 1 aromatic carbocycles. The van der Waals surface area contributed by atoms with Gasteiger partial charge in [-0.25, -0.2) is 9.59 Å². The molecule has 1 fully saturated rings. The number of halogens is 1. The second-order valence-electron chi connectivity index (χ2n) is 7.20. The van der Waals surface area contributed by atoms with E-state index in [-0.39, 0.29) is 18.2 Å². The van der Waals surface area contributed by atoms with Gasteiger partial charge in [0.2, 0.25) is 0 Å². The van der Waals surface area contributed by atoms with Gasteiger partial charge in [-0.15, -0.1) is 0 Å². The van der Waals surface area contributed by atoms with Crippen molar-refractivity contribution in [1.82, 2.24) is 15.5 Å². The second kappa shape index (κ2) is 8.56. The van der Waals surface area contributed by atoms with Gasteiger partial charge in [0.05, 0.1) is 0 Å². The summed E-state index contributed by atoms with van der Waals surface area (Å²) >= 11 is 3.41. The van der Waals surface area contributed by atoms with Gasteiger partial charge in [0.25, 0.3) is 0 Å². The molecule has 138 valence electrons. The van der Waals surface area contributed by atoms with E-state index in [4.69, 9.17) is 4.74 Å². The largest absolute Gasteiger partial charge is 0.444 e. The summed E-state index contributed by atoms with van der Waals surface area (Å²) in [7, 11) is 0. The van der Waals surface area contributed by atoms with Gasteiger partial charge in [-0.2, -0.15) is 0 Å². The van der Waals surface area contributed by atoms with Crippen LogP contribution in [0.25, 0.3) is 0 Å². The Morgan fingerprint density at radius 2 is 1.96 bits per heavy atom. The van der Waals surface area contributed by atoms with Crippen molar-refractivity contribution in [2.45, 2.75) is 51.8 Å². The predicted octanol–water partition coefficient (Wildman–Crippen LogP) is 3.65. The number of hydrogen-bond donors (Lipinski definition) is 2. The van der Waals surface area contributed by atoms with Crippen molar-refractivity contribution in [3.05, 3.63) is 34.3 Å². The molecule has 2 rings (SSSR count). The number of benzene rings is 1. The minimum atomic E-state index is -0.488. The Labute approximate surface area is 157 Å². The molecule has 1 saturated heterocycles. The number of likely N-dealkylation sites (tertiary alicyclic amines) is 1. The van der Waals surface area contributed by atoms with Gasteiger partial charge in [0.1, 0.15) is 5.60 Å². The first-order valence-electron chi connectivity index (χ1n) is 8.50. The van der Waals surface area contributed by atoms with E-state index < -0.39 is 5.60 Å². The van der Waals surface area contributed by atoms with Gasteiger partial charge in [0.15, 0.2) is 0 Å². The molecule has 0 unspecified atom stereocenters. The van der Waals surface area contributed by atoms with Crippen molar-refractivity contribution in [3.63, 3.8) is 0 Å². The molecule has 1 aliphatic rings. The van der Waals surface area contributed by atoms with Crippen LogP contribution in [0.5, 0.6) is 0 Å². The third kappa shape index (κ3) is 6.94. The molecule has 0 atom stereocenters. The number of urea groups is 1. The summed E-state index contributed by atoms with van der Waals surface area (Å²) in [6, 6.07) is 7.70. The topological polar surface area (TPSA) is 70.7 Å². The minimum absolute atomic E-state index is 0.0706. The van der Waals surface area contributed by atoms with Gasteiger partial charge in [0, 0.05) is 30.1 Å². The number of nitrogens with zero attached hydrogens (tertiary/aromatic N) is 1. The van der Waals surface area contributed by atoms with Crippen LogP contribution in [0.15, 0.2) is 28.7 Å². The summed E-state index contributed by atoms with van der Waals surface area (Å²) in [4.78, 5) is 25.8. The van der Waals surface area contributed by atoms with Crippen molar-refractivity contribution in [2.75, 3.05) is 13.1 Å². The fourth-order valence-electron chi connectivity index (χ4n) is 2.60. The molecule has 0 saturated carbocycles. The van der Waals surface area contributed by atoms with Crippen LogP contribution in [0, 0.1) is 0 Å². The molecule has 2 N–H and O–H groups in total. The quantitative estimate of drug-likeness (QED) is 0.796. The van der Waals surface area contributed by atoms with Crippen LogP contribution in [-0.2, 0) is 11.3 Å². The number of nitrogens with one attached hydrogen (secondary N) is 2. The molecule has 3 amide bonds. The Balaban J connectivity index is 1.70. The van der Waals surface area contributed by atoms with Crippen molar-refractivity contribution >= 4 is 28.1 Å².